The quantitative estimate of drug-likeness (QED) is 0.816. The van der Waals surface area contributed by atoms with Gasteiger partial charge in [-0.3, -0.25) is 4.79 Å². The van der Waals surface area contributed by atoms with E-state index in [1.807, 2.05) is 55.5 Å². The minimum atomic E-state index is -0.887. The van der Waals surface area contributed by atoms with E-state index in [4.69, 9.17) is 0 Å². The Kier molecular flexibility index (Phi) is 2.27. The number of rotatable bonds is 1. The van der Waals surface area contributed by atoms with Crippen LogP contribution in [0.1, 0.15) is 18.1 Å². The summed E-state index contributed by atoms with van der Waals surface area (Å²) >= 11 is 0. The Hall–Kier alpha value is -2.09. The summed E-state index contributed by atoms with van der Waals surface area (Å²) in [5, 5.41) is 9.70. The first kappa shape index (κ1) is 11.0. The van der Waals surface area contributed by atoms with Crippen molar-refractivity contribution in [3.63, 3.8) is 0 Å². The van der Waals surface area contributed by atoms with E-state index in [9.17, 15) is 9.90 Å². The van der Waals surface area contributed by atoms with Crippen molar-refractivity contribution < 1.29 is 9.90 Å². The fraction of sp³-hybridized carbons (Fsp3) is 0.188. The zero-order valence-electron chi connectivity index (χ0n) is 10.1. The van der Waals surface area contributed by atoms with Crippen molar-refractivity contribution in [2.24, 2.45) is 5.92 Å². The smallest absolute Gasteiger partial charge is 0.314 e. The van der Waals surface area contributed by atoms with Crippen molar-refractivity contribution in [1.29, 1.82) is 0 Å². The van der Waals surface area contributed by atoms with Crippen molar-refractivity contribution in [3.8, 4) is 0 Å². The normalized spacial score (nSPS) is 28.3. The Balaban J connectivity index is 2.30. The number of aliphatic carboxylic acids is 1. The van der Waals surface area contributed by atoms with Crippen LogP contribution in [0.5, 0.6) is 0 Å². The molecule has 0 aliphatic heterocycles. The first-order chi connectivity index (χ1) is 8.64. The standard InChI is InChI=1S/C16H14O2/c1-16(15(17)18)13-8-4-2-6-11(13)10-12-7-3-5-9-14(12)16/h2-10,13H,1H3,(H,17,18)/t13-,16+/m0/s1. The summed E-state index contributed by atoms with van der Waals surface area (Å²) in [6.07, 6.45) is 9.96. The van der Waals surface area contributed by atoms with E-state index in [1.54, 1.807) is 0 Å². The molecule has 18 heavy (non-hydrogen) atoms. The molecule has 0 bridgehead atoms. The molecule has 2 nitrogen and oxygen atoms in total. The number of carboxylic acids is 1. The van der Waals surface area contributed by atoms with Gasteiger partial charge in [-0.05, 0) is 23.6 Å². The number of benzene rings is 1. The molecule has 2 heteroatoms. The fourth-order valence-electron chi connectivity index (χ4n) is 2.91. The summed E-state index contributed by atoms with van der Waals surface area (Å²) in [5.41, 5.74) is 2.09. The van der Waals surface area contributed by atoms with Gasteiger partial charge in [0.1, 0.15) is 5.41 Å². The predicted octanol–water partition coefficient (Wildman–Crippen LogP) is 3.17. The summed E-state index contributed by atoms with van der Waals surface area (Å²) in [5.74, 6) is -0.861. The van der Waals surface area contributed by atoms with Crippen molar-refractivity contribution in [1.82, 2.24) is 0 Å². The van der Waals surface area contributed by atoms with E-state index in [1.165, 1.54) is 0 Å². The molecule has 0 heterocycles. The van der Waals surface area contributed by atoms with Crippen LogP contribution in [-0.2, 0) is 10.2 Å². The molecule has 2 atom stereocenters. The van der Waals surface area contributed by atoms with Crippen LogP contribution >= 0.6 is 0 Å². The summed E-state index contributed by atoms with van der Waals surface area (Å²) in [6.45, 7) is 1.81. The molecule has 3 rings (SSSR count). The van der Waals surface area contributed by atoms with Gasteiger partial charge in [-0.15, -0.1) is 0 Å². The van der Waals surface area contributed by atoms with Crippen LogP contribution in [0.2, 0.25) is 0 Å². The Morgan fingerprint density at radius 3 is 2.83 bits per heavy atom. The van der Waals surface area contributed by atoms with Crippen LogP contribution in [0, 0.1) is 5.92 Å². The van der Waals surface area contributed by atoms with Crippen molar-refractivity contribution >= 4 is 12.0 Å². The van der Waals surface area contributed by atoms with Gasteiger partial charge in [0.15, 0.2) is 0 Å². The van der Waals surface area contributed by atoms with Gasteiger partial charge in [0.05, 0.1) is 0 Å². The van der Waals surface area contributed by atoms with E-state index in [0.29, 0.717) is 0 Å². The van der Waals surface area contributed by atoms with Crippen LogP contribution < -0.4 is 0 Å². The van der Waals surface area contributed by atoms with Crippen LogP contribution in [-0.4, -0.2) is 11.1 Å². The summed E-state index contributed by atoms with van der Waals surface area (Å²) in [6, 6.07) is 7.75. The molecule has 0 radical (unpaired) electrons. The maximum atomic E-state index is 11.8. The number of carboxylic acid groups (broad SMARTS) is 1. The topological polar surface area (TPSA) is 37.3 Å². The molecular formula is C16H14O2. The zero-order chi connectivity index (χ0) is 12.8. The van der Waals surface area contributed by atoms with Gasteiger partial charge >= 0.3 is 5.97 Å². The minimum absolute atomic E-state index is 0.0881. The summed E-state index contributed by atoms with van der Waals surface area (Å²) < 4.78 is 0. The van der Waals surface area contributed by atoms with Gasteiger partial charge in [0.25, 0.3) is 0 Å². The average molecular weight is 238 g/mol. The lowest BCUT2D eigenvalue weighted by molar-refractivity contribution is -0.144. The Morgan fingerprint density at radius 1 is 1.28 bits per heavy atom. The molecule has 0 fully saturated rings. The molecule has 0 spiro atoms. The maximum absolute atomic E-state index is 11.8. The lowest BCUT2D eigenvalue weighted by Gasteiger charge is -2.38. The molecule has 0 saturated heterocycles. The third-order valence-electron chi connectivity index (χ3n) is 3.97. The van der Waals surface area contributed by atoms with E-state index in [0.717, 1.165) is 16.7 Å². The van der Waals surface area contributed by atoms with Crippen LogP contribution in [0.4, 0.5) is 0 Å². The number of hydrogen-bond acceptors (Lipinski definition) is 1. The number of allylic oxidation sites excluding steroid dienone is 5. The highest BCUT2D eigenvalue weighted by atomic mass is 16.4. The molecule has 2 aliphatic rings. The third kappa shape index (κ3) is 1.32. The van der Waals surface area contributed by atoms with Crippen LogP contribution in [0.3, 0.4) is 0 Å². The molecule has 90 valence electrons. The van der Waals surface area contributed by atoms with Crippen molar-refractivity contribution in [2.45, 2.75) is 12.3 Å². The van der Waals surface area contributed by atoms with Gasteiger partial charge in [-0.1, -0.05) is 54.6 Å². The van der Waals surface area contributed by atoms with Crippen LogP contribution in [0.15, 0.2) is 54.1 Å². The Labute approximate surface area is 106 Å². The van der Waals surface area contributed by atoms with Gasteiger partial charge in [-0.25, -0.2) is 0 Å². The molecule has 2 aliphatic carbocycles. The lowest BCUT2D eigenvalue weighted by Crippen LogP contribution is -2.42. The average Bonchev–Trinajstić information content (AvgIpc) is 2.39. The first-order valence-electron chi connectivity index (χ1n) is 6.03. The monoisotopic (exact) mass is 238 g/mol. The third-order valence-corrected chi connectivity index (χ3v) is 3.97. The molecular weight excluding hydrogens is 224 g/mol. The van der Waals surface area contributed by atoms with Crippen molar-refractivity contribution in [2.75, 3.05) is 0 Å². The van der Waals surface area contributed by atoms with Crippen LogP contribution in [0.25, 0.3) is 6.08 Å². The van der Waals surface area contributed by atoms with E-state index in [-0.39, 0.29) is 5.92 Å². The second kappa shape index (κ2) is 3.70. The maximum Gasteiger partial charge on any atom is 0.314 e. The highest BCUT2D eigenvalue weighted by Gasteiger charge is 2.46. The van der Waals surface area contributed by atoms with E-state index < -0.39 is 11.4 Å². The highest BCUT2D eigenvalue weighted by molar-refractivity contribution is 5.87. The molecule has 0 amide bonds. The van der Waals surface area contributed by atoms with Gasteiger partial charge in [-0.2, -0.15) is 0 Å². The minimum Gasteiger partial charge on any atom is -0.481 e. The Bertz CT molecular complexity index is 607. The molecule has 1 aromatic carbocycles. The van der Waals surface area contributed by atoms with E-state index >= 15 is 0 Å². The SMILES string of the molecule is C[C@]1(C(=O)O)c2ccccc2C=C2C=CC=C[C@@H]21. The second-order valence-electron chi connectivity index (χ2n) is 4.96. The summed E-state index contributed by atoms with van der Waals surface area (Å²) in [7, 11) is 0. The molecule has 0 saturated carbocycles. The van der Waals surface area contributed by atoms with Crippen molar-refractivity contribution in [3.05, 3.63) is 65.3 Å². The first-order valence-corrected chi connectivity index (χ1v) is 6.03. The largest absolute Gasteiger partial charge is 0.481 e. The van der Waals surface area contributed by atoms with Gasteiger partial charge < -0.3 is 5.11 Å². The second-order valence-corrected chi connectivity index (χ2v) is 4.96. The zero-order valence-corrected chi connectivity index (χ0v) is 10.1. The lowest BCUT2D eigenvalue weighted by atomic mass is 9.63. The summed E-state index contributed by atoms with van der Waals surface area (Å²) in [4.78, 5) is 11.8. The van der Waals surface area contributed by atoms with E-state index in [2.05, 4.69) is 6.08 Å². The highest BCUT2D eigenvalue weighted by Crippen LogP contribution is 2.45. The molecule has 0 unspecified atom stereocenters. The Morgan fingerprint density at radius 2 is 2.06 bits per heavy atom. The fourth-order valence-corrected chi connectivity index (χ4v) is 2.91. The van der Waals surface area contributed by atoms with Gasteiger partial charge in [0.2, 0.25) is 0 Å². The number of hydrogen-bond donors (Lipinski definition) is 1. The molecule has 1 N–H and O–H groups in total. The van der Waals surface area contributed by atoms with Gasteiger partial charge in [0, 0.05) is 5.92 Å². The molecule has 0 aromatic heterocycles. The number of carbonyl (C=O) groups is 1. The number of fused-ring (bicyclic) bond motifs is 2. The molecule has 1 aromatic rings. The predicted molar refractivity (Wildman–Crippen MR) is 71.2 cm³/mol.